The van der Waals surface area contributed by atoms with Crippen LogP contribution in [0.15, 0.2) is 72.8 Å². The van der Waals surface area contributed by atoms with E-state index in [1.807, 2.05) is 60.7 Å². The second-order valence-corrected chi connectivity index (χ2v) is 5.70. The zero-order valence-corrected chi connectivity index (χ0v) is 15.4. The molecule has 6 heteroatoms. The number of methoxy groups -OCH3 is 1. The van der Waals surface area contributed by atoms with E-state index in [2.05, 4.69) is 10.1 Å². The van der Waals surface area contributed by atoms with Crippen molar-refractivity contribution in [3.63, 3.8) is 0 Å². The Labute approximate surface area is 163 Å². The molecule has 2 aromatic carbocycles. The number of esters is 2. The van der Waals surface area contributed by atoms with E-state index in [1.165, 1.54) is 19.3 Å². The van der Waals surface area contributed by atoms with Crippen LogP contribution in [0.3, 0.4) is 0 Å². The lowest BCUT2D eigenvalue weighted by atomic mass is 10.2. The summed E-state index contributed by atoms with van der Waals surface area (Å²) in [5, 5.41) is 2.47. The van der Waals surface area contributed by atoms with Crippen LogP contribution < -0.4 is 5.32 Å². The fourth-order valence-electron chi connectivity index (χ4n) is 2.21. The quantitative estimate of drug-likeness (QED) is 0.563. The first-order valence-electron chi connectivity index (χ1n) is 8.60. The second-order valence-electron chi connectivity index (χ2n) is 5.70. The Morgan fingerprint density at radius 1 is 0.893 bits per heavy atom. The molecule has 144 valence electrons. The number of benzene rings is 2. The van der Waals surface area contributed by atoms with Gasteiger partial charge in [-0.25, -0.2) is 9.59 Å². The van der Waals surface area contributed by atoms with E-state index in [9.17, 15) is 14.4 Å². The van der Waals surface area contributed by atoms with E-state index in [0.717, 1.165) is 11.1 Å². The Bertz CT molecular complexity index is 844. The first-order valence-corrected chi connectivity index (χ1v) is 8.60. The van der Waals surface area contributed by atoms with Crippen LogP contribution >= 0.6 is 0 Å². The average molecular weight is 379 g/mol. The molecule has 0 spiro atoms. The SMILES string of the molecule is COC(=O)C(COC(=O)/C=C/c1ccccc1)NC(=O)/C=C/c1ccccc1. The standard InChI is InChI=1S/C22H21NO5/c1-27-22(26)19(23-20(24)14-12-17-8-4-2-5-9-17)16-28-21(25)15-13-18-10-6-3-7-11-18/h2-15,19H,16H2,1H3,(H,23,24)/b14-12+,15-13+. The summed E-state index contributed by atoms with van der Waals surface area (Å²) in [6.07, 6.45) is 5.75. The number of hydrogen-bond donors (Lipinski definition) is 1. The van der Waals surface area contributed by atoms with Crippen molar-refractivity contribution in [1.29, 1.82) is 0 Å². The lowest BCUT2D eigenvalue weighted by Gasteiger charge is -2.15. The van der Waals surface area contributed by atoms with Gasteiger partial charge in [0.1, 0.15) is 6.61 Å². The van der Waals surface area contributed by atoms with Gasteiger partial charge in [0.2, 0.25) is 5.91 Å². The number of carbonyl (C=O) groups excluding carboxylic acids is 3. The molecule has 28 heavy (non-hydrogen) atoms. The van der Waals surface area contributed by atoms with Gasteiger partial charge in [-0.2, -0.15) is 0 Å². The molecule has 0 aliphatic carbocycles. The van der Waals surface area contributed by atoms with Gasteiger partial charge >= 0.3 is 11.9 Å². The molecule has 0 saturated heterocycles. The first-order chi connectivity index (χ1) is 13.6. The molecule has 1 unspecified atom stereocenters. The lowest BCUT2D eigenvalue weighted by Crippen LogP contribution is -2.44. The number of ether oxygens (including phenoxy) is 2. The molecule has 1 atom stereocenters. The average Bonchev–Trinajstić information content (AvgIpc) is 2.74. The predicted octanol–water partition coefficient (Wildman–Crippen LogP) is 2.61. The topological polar surface area (TPSA) is 81.7 Å². The summed E-state index contributed by atoms with van der Waals surface area (Å²) in [4.78, 5) is 35.7. The van der Waals surface area contributed by atoms with Gasteiger partial charge in [0.15, 0.2) is 6.04 Å². The summed E-state index contributed by atoms with van der Waals surface area (Å²) in [6.45, 7) is -0.338. The molecule has 1 amide bonds. The maximum atomic E-state index is 12.0. The molecule has 0 aliphatic rings. The number of amides is 1. The van der Waals surface area contributed by atoms with Gasteiger partial charge < -0.3 is 14.8 Å². The van der Waals surface area contributed by atoms with E-state index in [1.54, 1.807) is 12.2 Å². The first kappa shape index (κ1) is 20.6. The number of carbonyl (C=O) groups is 3. The number of nitrogens with one attached hydrogen (secondary N) is 1. The maximum absolute atomic E-state index is 12.0. The molecule has 0 radical (unpaired) electrons. The minimum Gasteiger partial charge on any atom is -0.467 e. The van der Waals surface area contributed by atoms with Crippen LogP contribution in [0.4, 0.5) is 0 Å². The van der Waals surface area contributed by atoms with Crippen molar-refractivity contribution in [2.75, 3.05) is 13.7 Å². The minimum atomic E-state index is -1.10. The van der Waals surface area contributed by atoms with Gasteiger partial charge in [-0.05, 0) is 23.3 Å². The summed E-state index contributed by atoms with van der Waals surface area (Å²) in [6, 6.07) is 17.3. The number of rotatable bonds is 8. The highest BCUT2D eigenvalue weighted by Gasteiger charge is 2.22. The molecular weight excluding hydrogens is 358 g/mol. The van der Waals surface area contributed by atoms with Gasteiger partial charge in [0, 0.05) is 12.2 Å². The lowest BCUT2D eigenvalue weighted by molar-refractivity contribution is -0.149. The van der Waals surface area contributed by atoms with Crippen LogP contribution in [-0.4, -0.2) is 37.6 Å². The van der Waals surface area contributed by atoms with Gasteiger partial charge in [0.25, 0.3) is 0 Å². The normalized spacial score (nSPS) is 11.9. The van der Waals surface area contributed by atoms with Crippen LogP contribution in [0.2, 0.25) is 0 Å². The Morgan fingerprint density at radius 3 is 1.96 bits per heavy atom. The minimum absolute atomic E-state index is 0.338. The van der Waals surface area contributed by atoms with E-state index < -0.39 is 23.9 Å². The van der Waals surface area contributed by atoms with Crippen molar-refractivity contribution in [3.8, 4) is 0 Å². The third-order valence-electron chi connectivity index (χ3n) is 3.63. The van der Waals surface area contributed by atoms with Gasteiger partial charge in [-0.3, -0.25) is 4.79 Å². The van der Waals surface area contributed by atoms with Crippen LogP contribution in [-0.2, 0) is 23.9 Å². The Hall–Kier alpha value is -3.67. The van der Waals surface area contributed by atoms with Gasteiger partial charge in [-0.1, -0.05) is 60.7 Å². The fourth-order valence-corrected chi connectivity index (χ4v) is 2.21. The van der Waals surface area contributed by atoms with E-state index in [0.29, 0.717) is 0 Å². The van der Waals surface area contributed by atoms with Crippen molar-refractivity contribution in [2.45, 2.75) is 6.04 Å². The van der Waals surface area contributed by atoms with Gasteiger partial charge in [0.05, 0.1) is 7.11 Å². The summed E-state index contributed by atoms with van der Waals surface area (Å²) in [7, 11) is 1.19. The van der Waals surface area contributed by atoms with Crippen LogP contribution in [0.5, 0.6) is 0 Å². The predicted molar refractivity (Wildman–Crippen MR) is 106 cm³/mol. The Balaban J connectivity index is 1.89. The smallest absolute Gasteiger partial charge is 0.331 e. The summed E-state index contributed by atoms with van der Waals surface area (Å²) in [5.41, 5.74) is 1.67. The third-order valence-corrected chi connectivity index (χ3v) is 3.63. The summed E-state index contributed by atoms with van der Waals surface area (Å²) >= 11 is 0. The molecule has 0 aromatic heterocycles. The zero-order chi connectivity index (χ0) is 20.2. The highest BCUT2D eigenvalue weighted by molar-refractivity contribution is 5.94. The molecule has 6 nitrogen and oxygen atoms in total. The van der Waals surface area contributed by atoms with Crippen molar-refractivity contribution >= 4 is 30.0 Å². The monoisotopic (exact) mass is 379 g/mol. The zero-order valence-electron chi connectivity index (χ0n) is 15.4. The fraction of sp³-hybridized carbons (Fsp3) is 0.136. The molecule has 0 bridgehead atoms. The summed E-state index contributed by atoms with van der Waals surface area (Å²) in [5.74, 6) is -1.84. The molecular formula is C22H21NO5. The Morgan fingerprint density at radius 2 is 1.43 bits per heavy atom. The molecule has 2 rings (SSSR count). The Kier molecular flexibility index (Phi) is 8.20. The van der Waals surface area contributed by atoms with E-state index >= 15 is 0 Å². The van der Waals surface area contributed by atoms with Crippen molar-refractivity contribution < 1.29 is 23.9 Å². The molecule has 0 heterocycles. The van der Waals surface area contributed by atoms with Crippen LogP contribution in [0.1, 0.15) is 11.1 Å². The maximum Gasteiger partial charge on any atom is 0.331 e. The largest absolute Gasteiger partial charge is 0.467 e. The molecule has 1 N–H and O–H groups in total. The van der Waals surface area contributed by atoms with Crippen LogP contribution in [0, 0.1) is 0 Å². The highest BCUT2D eigenvalue weighted by atomic mass is 16.5. The van der Waals surface area contributed by atoms with E-state index in [-0.39, 0.29) is 6.61 Å². The van der Waals surface area contributed by atoms with Crippen LogP contribution in [0.25, 0.3) is 12.2 Å². The molecule has 2 aromatic rings. The van der Waals surface area contributed by atoms with E-state index in [4.69, 9.17) is 4.74 Å². The number of hydrogen-bond acceptors (Lipinski definition) is 5. The molecule has 0 fully saturated rings. The summed E-state index contributed by atoms with van der Waals surface area (Å²) < 4.78 is 9.70. The molecule has 0 aliphatic heterocycles. The highest BCUT2D eigenvalue weighted by Crippen LogP contribution is 2.03. The van der Waals surface area contributed by atoms with Crippen molar-refractivity contribution in [3.05, 3.63) is 83.9 Å². The van der Waals surface area contributed by atoms with Crippen molar-refractivity contribution in [2.24, 2.45) is 0 Å². The van der Waals surface area contributed by atoms with Crippen molar-refractivity contribution in [1.82, 2.24) is 5.32 Å². The molecule has 0 saturated carbocycles. The third kappa shape index (κ3) is 7.29. The second kappa shape index (κ2) is 11.1. The van der Waals surface area contributed by atoms with Gasteiger partial charge in [-0.15, -0.1) is 0 Å².